The van der Waals surface area contributed by atoms with Crippen molar-refractivity contribution in [3.8, 4) is 5.75 Å². The van der Waals surface area contributed by atoms with Crippen molar-refractivity contribution in [1.29, 1.82) is 0 Å². The van der Waals surface area contributed by atoms with Crippen molar-refractivity contribution in [3.05, 3.63) is 42.0 Å². The second-order valence-electron chi connectivity index (χ2n) is 4.77. The van der Waals surface area contributed by atoms with E-state index >= 15 is 0 Å². The van der Waals surface area contributed by atoms with Crippen LogP contribution in [0.5, 0.6) is 5.75 Å². The summed E-state index contributed by atoms with van der Waals surface area (Å²) in [4.78, 5) is 4.11. The molecule has 19 heavy (non-hydrogen) atoms. The SMILES string of the molecule is CC(C)NCc1ccc(OCc2ncnn2C)cc1. The van der Waals surface area contributed by atoms with Gasteiger partial charge < -0.3 is 10.1 Å². The van der Waals surface area contributed by atoms with E-state index in [0.717, 1.165) is 18.1 Å². The van der Waals surface area contributed by atoms with Crippen LogP contribution in [0, 0.1) is 0 Å². The zero-order valence-corrected chi connectivity index (χ0v) is 11.6. The Morgan fingerprint density at radius 1 is 1.26 bits per heavy atom. The molecule has 0 aliphatic heterocycles. The van der Waals surface area contributed by atoms with Gasteiger partial charge in [0.05, 0.1) is 0 Å². The highest BCUT2D eigenvalue weighted by molar-refractivity contribution is 5.27. The van der Waals surface area contributed by atoms with Gasteiger partial charge in [-0.25, -0.2) is 4.98 Å². The van der Waals surface area contributed by atoms with Gasteiger partial charge in [-0.3, -0.25) is 4.68 Å². The molecule has 0 atom stereocenters. The lowest BCUT2D eigenvalue weighted by Crippen LogP contribution is -2.21. The van der Waals surface area contributed by atoms with Gasteiger partial charge in [0.15, 0.2) is 5.82 Å². The molecule has 0 bridgehead atoms. The summed E-state index contributed by atoms with van der Waals surface area (Å²) < 4.78 is 7.38. The molecule has 0 fully saturated rings. The Balaban J connectivity index is 1.86. The zero-order valence-electron chi connectivity index (χ0n) is 11.6. The molecule has 0 unspecified atom stereocenters. The van der Waals surface area contributed by atoms with Crippen LogP contribution in [0.4, 0.5) is 0 Å². The topological polar surface area (TPSA) is 52.0 Å². The Hall–Kier alpha value is -1.88. The minimum absolute atomic E-state index is 0.431. The fourth-order valence-electron chi connectivity index (χ4n) is 1.62. The molecule has 5 nitrogen and oxygen atoms in total. The van der Waals surface area contributed by atoms with Gasteiger partial charge in [0.25, 0.3) is 0 Å². The highest BCUT2D eigenvalue weighted by Crippen LogP contribution is 2.13. The van der Waals surface area contributed by atoms with E-state index in [0.29, 0.717) is 12.6 Å². The molecule has 102 valence electrons. The number of nitrogens with zero attached hydrogens (tertiary/aromatic N) is 3. The second kappa shape index (κ2) is 6.33. The second-order valence-corrected chi connectivity index (χ2v) is 4.77. The number of rotatable bonds is 6. The summed E-state index contributed by atoms with van der Waals surface area (Å²) in [6.07, 6.45) is 1.53. The summed E-state index contributed by atoms with van der Waals surface area (Å²) in [6.45, 7) is 5.58. The van der Waals surface area contributed by atoms with Crippen LogP contribution in [0.3, 0.4) is 0 Å². The van der Waals surface area contributed by atoms with Gasteiger partial charge in [-0.2, -0.15) is 5.10 Å². The average Bonchev–Trinajstić information content (AvgIpc) is 2.81. The fourth-order valence-corrected chi connectivity index (χ4v) is 1.62. The number of aromatic nitrogens is 3. The van der Waals surface area contributed by atoms with Gasteiger partial charge in [0.1, 0.15) is 18.7 Å². The highest BCUT2D eigenvalue weighted by atomic mass is 16.5. The van der Waals surface area contributed by atoms with Crippen LogP contribution < -0.4 is 10.1 Å². The van der Waals surface area contributed by atoms with E-state index in [2.05, 4.69) is 41.4 Å². The first-order valence-corrected chi connectivity index (χ1v) is 6.43. The van der Waals surface area contributed by atoms with Gasteiger partial charge in [-0.05, 0) is 17.7 Å². The molecular weight excluding hydrogens is 240 g/mol. The molecule has 1 aromatic carbocycles. The third-order valence-electron chi connectivity index (χ3n) is 2.81. The van der Waals surface area contributed by atoms with Crippen molar-refractivity contribution in [3.63, 3.8) is 0 Å². The number of ether oxygens (including phenoxy) is 1. The molecule has 1 N–H and O–H groups in total. The predicted molar refractivity (Wildman–Crippen MR) is 73.8 cm³/mol. The van der Waals surface area contributed by atoms with Gasteiger partial charge in [0.2, 0.25) is 0 Å². The molecule has 0 spiro atoms. The van der Waals surface area contributed by atoms with Crippen molar-refractivity contribution < 1.29 is 4.74 Å². The molecule has 1 aromatic heterocycles. The van der Waals surface area contributed by atoms with Gasteiger partial charge >= 0.3 is 0 Å². The Morgan fingerprint density at radius 2 is 2.00 bits per heavy atom. The van der Waals surface area contributed by atoms with Crippen LogP contribution in [-0.4, -0.2) is 20.8 Å². The van der Waals surface area contributed by atoms with Crippen molar-refractivity contribution in [2.24, 2.45) is 7.05 Å². The Labute approximate surface area is 113 Å². The Kier molecular flexibility index (Phi) is 4.52. The van der Waals surface area contributed by atoms with Crippen LogP contribution in [0.1, 0.15) is 25.2 Å². The number of hydrogen-bond donors (Lipinski definition) is 1. The minimum atomic E-state index is 0.431. The van der Waals surface area contributed by atoms with E-state index in [1.165, 1.54) is 11.9 Å². The molecule has 5 heteroatoms. The van der Waals surface area contributed by atoms with Crippen LogP contribution in [0.15, 0.2) is 30.6 Å². The summed E-state index contributed by atoms with van der Waals surface area (Å²) in [7, 11) is 1.85. The van der Waals surface area contributed by atoms with Crippen LogP contribution in [-0.2, 0) is 20.2 Å². The van der Waals surface area contributed by atoms with Gasteiger partial charge in [0, 0.05) is 19.6 Å². The first-order chi connectivity index (χ1) is 9.15. The van der Waals surface area contributed by atoms with E-state index < -0.39 is 0 Å². The van der Waals surface area contributed by atoms with Crippen molar-refractivity contribution >= 4 is 0 Å². The molecule has 0 saturated heterocycles. The number of hydrogen-bond acceptors (Lipinski definition) is 4. The predicted octanol–water partition coefficient (Wildman–Crippen LogP) is 1.89. The van der Waals surface area contributed by atoms with Gasteiger partial charge in [-0.1, -0.05) is 26.0 Å². The lowest BCUT2D eigenvalue weighted by atomic mass is 10.2. The summed E-state index contributed by atoms with van der Waals surface area (Å²) in [5, 5.41) is 7.38. The monoisotopic (exact) mass is 260 g/mol. The molecule has 0 saturated carbocycles. The summed E-state index contributed by atoms with van der Waals surface area (Å²) in [5.41, 5.74) is 1.25. The number of aryl methyl sites for hydroxylation is 1. The van der Waals surface area contributed by atoms with Crippen molar-refractivity contribution in [2.45, 2.75) is 33.0 Å². The molecule has 0 aliphatic rings. The van der Waals surface area contributed by atoms with E-state index in [1.807, 2.05) is 19.2 Å². The van der Waals surface area contributed by atoms with Crippen molar-refractivity contribution in [2.75, 3.05) is 0 Å². The van der Waals surface area contributed by atoms with Crippen LogP contribution >= 0.6 is 0 Å². The first-order valence-electron chi connectivity index (χ1n) is 6.43. The molecule has 2 rings (SSSR count). The van der Waals surface area contributed by atoms with Gasteiger partial charge in [-0.15, -0.1) is 0 Å². The number of nitrogens with one attached hydrogen (secondary N) is 1. The standard InChI is InChI=1S/C14H20N4O/c1-11(2)15-8-12-4-6-13(7-5-12)19-9-14-16-10-17-18(14)3/h4-7,10-11,15H,8-9H2,1-3H3. The normalized spacial score (nSPS) is 10.9. The third kappa shape index (κ3) is 4.06. The molecule has 0 amide bonds. The maximum atomic E-state index is 5.67. The Bertz CT molecular complexity index is 504. The average molecular weight is 260 g/mol. The van der Waals surface area contributed by atoms with E-state index in [1.54, 1.807) is 4.68 Å². The van der Waals surface area contributed by atoms with E-state index in [9.17, 15) is 0 Å². The highest BCUT2D eigenvalue weighted by Gasteiger charge is 2.02. The minimum Gasteiger partial charge on any atom is -0.486 e. The lowest BCUT2D eigenvalue weighted by molar-refractivity contribution is 0.289. The first kappa shape index (κ1) is 13.5. The molecule has 0 aliphatic carbocycles. The van der Waals surface area contributed by atoms with Crippen LogP contribution in [0.2, 0.25) is 0 Å². The maximum absolute atomic E-state index is 5.67. The third-order valence-corrected chi connectivity index (χ3v) is 2.81. The molecule has 2 aromatic rings. The summed E-state index contributed by atoms with van der Waals surface area (Å²) in [6, 6.07) is 8.59. The summed E-state index contributed by atoms with van der Waals surface area (Å²) in [5.74, 6) is 1.65. The molecular formula is C14H20N4O. The molecule has 1 heterocycles. The zero-order chi connectivity index (χ0) is 13.7. The van der Waals surface area contributed by atoms with E-state index in [4.69, 9.17) is 4.74 Å². The smallest absolute Gasteiger partial charge is 0.164 e. The lowest BCUT2D eigenvalue weighted by Gasteiger charge is -2.09. The van der Waals surface area contributed by atoms with E-state index in [-0.39, 0.29) is 0 Å². The quantitative estimate of drug-likeness (QED) is 0.861. The Morgan fingerprint density at radius 3 is 2.58 bits per heavy atom. The number of benzene rings is 1. The molecule has 0 radical (unpaired) electrons. The van der Waals surface area contributed by atoms with Crippen LogP contribution in [0.25, 0.3) is 0 Å². The fraction of sp³-hybridized carbons (Fsp3) is 0.429. The maximum Gasteiger partial charge on any atom is 0.164 e. The largest absolute Gasteiger partial charge is 0.486 e. The summed E-state index contributed by atoms with van der Waals surface area (Å²) >= 11 is 0. The van der Waals surface area contributed by atoms with Crippen molar-refractivity contribution in [1.82, 2.24) is 20.1 Å².